The number of carbonyl (C=O) groups is 3. The fourth-order valence-corrected chi connectivity index (χ4v) is 3.19. The fraction of sp³-hybridized carbons (Fsp3) is 0.471. The van der Waals surface area contributed by atoms with E-state index < -0.39 is 22.1 Å². The lowest BCUT2D eigenvalue weighted by molar-refractivity contribution is -0.154. The normalized spacial score (nSPS) is 15.2. The van der Waals surface area contributed by atoms with E-state index in [2.05, 4.69) is 10.0 Å². The van der Waals surface area contributed by atoms with E-state index in [1.807, 2.05) is 0 Å². The van der Waals surface area contributed by atoms with Gasteiger partial charge >= 0.3 is 5.97 Å². The molecule has 1 aliphatic carbocycles. The number of carbonyl (C=O) groups excluding carboxylic acids is 3. The lowest BCUT2D eigenvalue weighted by Crippen LogP contribution is -2.37. The van der Waals surface area contributed by atoms with Gasteiger partial charge in [-0.3, -0.25) is 14.4 Å². The monoisotopic (exact) mass is 382 g/mol. The van der Waals surface area contributed by atoms with Crippen molar-refractivity contribution in [1.82, 2.24) is 10.0 Å². The maximum absolute atomic E-state index is 12.2. The van der Waals surface area contributed by atoms with Gasteiger partial charge in [0.2, 0.25) is 10.0 Å². The van der Waals surface area contributed by atoms with Crippen molar-refractivity contribution >= 4 is 27.7 Å². The van der Waals surface area contributed by atoms with E-state index in [-0.39, 0.29) is 41.2 Å². The van der Waals surface area contributed by atoms with Crippen LogP contribution in [0.3, 0.4) is 0 Å². The van der Waals surface area contributed by atoms with Crippen molar-refractivity contribution in [3.8, 4) is 0 Å². The molecule has 0 heterocycles. The average molecular weight is 382 g/mol. The summed E-state index contributed by atoms with van der Waals surface area (Å²) >= 11 is 0. The number of hydrogen-bond donors (Lipinski definition) is 2. The fourth-order valence-electron chi connectivity index (χ4n) is 2.11. The van der Waals surface area contributed by atoms with Gasteiger partial charge < -0.3 is 10.1 Å². The maximum Gasteiger partial charge on any atom is 0.307 e. The number of hydrogen-bond acceptors (Lipinski definition) is 6. The van der Waals surface area contributed by atoms with Gasteiger partial charge in [0.25, 0.3) is 5.91 Å². The molecule has 0 unspecified atom stereocenters. The summed E-state index contributed by atoms with van der Waals surface area (Å²) in [5, 5.41) is 2.72. The van der Waals surface area contributed by atoms with Crippen molar-refractivity contribution in [1.29, 1.82) is 0 Å². The third-order valence-corrected chi connectivity index (χ3v) is 5.23. The quantitative estimate of drug-likeness (QED) is 0.481. The van der Waals surface area contributed by atoms with E-state index >= 15 is 0 Å². The van der Waals surface area contributed by atoms with Crippen LogP contribution in [0.4, 0.5) is 0 Å². The molecule has 1 aromatic rings. The Morgan fingerprint density at radius 2 is 1.96 bits per heavy atom. The highest BCUT2D eigenvalue weighted by molar-refractivity contribution is 7.89. The predicted octanol–water partition coefficient (Wildman–Crippen LogP) is 0.768. The predicted molar refractivity (Wildman–Crippen MR) is 93.0 cm³/mol. The summed E-state index contributed by atoms with van der Waals surface area (Å²) in [7, 11) is -3.85. The number of Topliss-reactive ketones (excluding diaryl/α,β-unsaturated/α-hetero) is 1. The molecular weight excluding hydrogens is 360 g/mol. The summed E-state index contributed by atoms with van der Waals surface area (Å²) in [6.45, 7) is 2.63. The number of esters is 1. The van der Waals surface area contributed by atoms with E-state index in [0.29, 0.717) is 0 Å². The third kappa shape index (κ3) is 5.92. The van der Waals surface area contributed by atoms with Crippen molar-refractivity contribution in [3.63, 3.8) is 0 Å². The van der Waals surface area contributed by atoms with Crippen molar-refractivity contribution in [3.05, 3.63) is 29.8 Å². The Labute approximate surface area is 152 Å². The molecule has 1 fully saturated rings. The van der Waals surface area contributed by atoms with Crippen LogP contribution in [-0.2, 0) is 24.3 Å². The summed E-state index contributed by atoms with van der Waals surface area (Å²) < 4.78 is 31.7. The number of rotatable bonds is 9. The van der Waals surface area contributed by atoms with Gasteiger partial charge in [0.05, 0.1) is 11.3 Å². The smallest absolute Gasteiger partial charge is 0.307 e. The first-order valence-corrected chi connectivity index (χ1v) is 9.78. The van der Waals surface area contributed by atoms with Crippen LogP contribution in [0.5, 0.6) is 0 Å². The summed E-state index contributed by atoms with van der Waals surface area (Å²) in [4.78, 5) is 34.7. The molecule has 0 radical (unpaired) electrons. The lowest BCUT2D eigenvalue weighted by Gasteiger charge is -2.13. The van der Waals surface area contributed by atoms with Crippen molar-refractivity contribution in [2.45, 2.75) is 50.2 Å². The molecule has 0 spiro atoms. The van der Waals surface area contributed by atoms with Crippen LogP contribution in [-0.4, -0.2) is 44.8 Å². The minimum absolute atomic E-state index is 0.0595. The first-order valence-electron chi connectivity index (χ1n) is 8.29. The van der Waals surface area contributed by atoms with Crippen LogP contribution in [0, 0.1) is 0 Å². The molecular formula is C17H22N2O6S. The van der Waals surface area contributed by atoms with Crippen LogP contribution in [0.2, 0.25) is 0 Å². The molecule has 9 heteroatoms. The zero-order chi connectivity index (χ0) is 19.3. The summed E-state index contributed by atoms with van der Waals surface area (Å²) in [6, 6.07) is 5.79. The molecule has 0 bridgehead atoms. The zero-order valence-electron chi connectivity index (χ0n) is 14.7. The van der Waals surface area contributed by atoms with Crippen LogP contribution < -0.4 is 10.0 Å². The number of ether oxygens (including phenoxy) is 1. The molecule has 0 aliphatic heterocycles. The Balaban J connectivity index is 1.81. The van der Waals surface area contributed by atoms with Gasteiger partial charge in [0.1, 0.15) is 0 Å². The highest BCUT2D eigenvalue weighted by Crippen LogP contribution is 2.18. The second kappa shape index (κ2) is 8.41. The van der Waals surface area contributed by atoms with E-state index in [4.69, 9.17) is 4.74 Å². The lowest BCUT2D eigenvalue weighted by atomic mass is 10.2. The number of sulfonamides is 1. The number of nitrogens with one attached hydrogen (secondary N) is 2. The van der Waals surface area contributed by atoms with Crippen molar-refractivity contribution in [2.75, 3.05) is 6.54 Å². The average Bonchev–Trinajstić information content (AvgIpc) is 3.38. The highest BCUT2D eigenvalue weighted by Gasteiger charge is 2.27. The third-order valence-electron chi connectivity index (χ3n) is 3.77. The van der Waals surface area contributed by atoms with Crippen molar-refractivity contribution in [2.24, 2.45) is 0 Å². The molecule has 0 saturated heterocycles. The molecule has 2 N–H and O–H groups in total. The first kappa shape index (κ1) is 20.1. The molecule has 1 aliphatic rings. The molecule has 1 amide bonds. The SMILES string of the molecule is CC(=O)c1cccc(S(=O)(=O)NCCC(=O)O[C@H](C)C(=O)NC2CC2)c1. The van der Waals surface area contributed by atoms with E-state index in [1.165, 1.54) is 38.1 Å². The van der Waals surface area contributed by atoms with E-state index in [1.54, 1.807) is 0 Å². The van der Waals surface area contributed by atoms with Gasteiger partial charge in [-0.25, -0.2) is 13.1 Å². The highest BCUT2D eigenvalue weighted by atomic mass is 32.2. The largest absolute Gasteiger partial charge is 0.453 e. The molecule has 1 atom stereocenters. The molecule has 0 aromatic heterocycles. The van der Waals surface area contributed by atoms with Crippen LogP contribution in [0.1, 0.15) is 43.5 Å². The van der Waals surface area contributed by atoms with Gasteiger partial charge in [-0.05, 0) is 38.8 Å². The molecule has 1 saturated carbocycles. The topological polar surface area (TPSA) is 119 Å². The number of amides is 1. The molecule has 142 valence electrons. The van der Waals surface area contributed by atoms with Gasteiger partial charge in [0, 0.05) is 18.2 Å². The first-order chi connectivity index (χ1) is 12.2. The maximum atomic E-state index is 12.2. The van der Waals surface area contributed by atoms with E-state index in [0.717, 1.165) is 12.8 Å². The van der Waals surface area contributed by atoms with Crippen LogP contribution in [0.15, 0.2) is 29.2 Å². The van der Waals surface area contributed by atoms with Gasteiger partial charge in [-0.2, -0.15) is 0 Å². The number of benzene rings is 1. The minimum Gasteiger partial charge on any atom is -0.453 e. The summed E-state index contributed by atoms with van der Waals surface area (Å²) in [5.41, 5.74) is 0.280. The standard InChI is InChI=1S/C17H22N2O6S/c1-11(20)13-4-3-5-15(10-13)26(23,24)18-9-8-16(21)25-12(2)17(22)19-14-6-7-14/h3-5,10,12,14,18H,6-9H2,1-2H3,(H,19,22)/t12-/m1/s1. The van der Waals surface area contributed by atoms with E-state index in [9.17, 15) is 22.8 Å². The van der Waals surface area contributed by atoms with Crippen molar-refractivity contribution < 1.29 is 27.5 Å². The number of ketones is 1. The Hall–Kier alpha value is -2.26. The summed E-state index contributed by atoms with van der Waals surface area (Å²) in [6.07, 6.45) is 0.719. The van der Waals surface area contributed by atoms with Crippen LogP contribution in [0.25, 0.3) is 0 Å². The Morgan fingerprint density at radius 3 is 2.58 bits per heavy atom. The molecule has 26 heavy (non-hydrogen) atoms. The Bertz CT molecular complexity index is 801. The molecule has 1 aromatic carbocycles. The summed E-state index contributed by atoms with van der Waals surface area (Å²) in [5.74, 6) is -1.28. The zero-order valence-corrected chi connectivity index (χ0v) is 15.5. The van der Waals surface area contributed by atoms with Gasteiger partial charge in [-0.1, -0.05) is 12.1 Å². The van der Waals surface area contributed by atoms with Crippen LogP contribution >= 0.6 is 0 Å². The Morgan fingerprint density at radius 1 is 1.27 bits per heavy atom. The van der Waals surface area contributed by atoms with Gasteiger partial charge in [-0.15, -0.1) is 0 Å². The molecule has 8 nitrogen and oxygen atoms in total. The van der Waals surface area contributed by atoms with Gasteiger partial charge in [0.15, 0.2) is 11.9 Å². The second-order valence-corrected chi connectivity index (χ2v) is 7.91. The minimum atomic E-state index is -3.85. The molecule has 2 rings (SSSR count). The Kier molecular flexibility index (Phi) is 6.49. The second-order valence-electron chi connectivity index (χ2n) is 6.15.